The molecule has 2 atom stereocenters. The molecular formula is C10H19N. The Morgan fingerprint density at radius 2 is 2.09 bits per heavy atom. The van der Waals surface area contributed by atoms with Gasteiger partial charge in [0.05, 0.1) is 6.04 Å². The second kappa shape index (κ2) is 5.11. The summed E-state index contributed by atoms with van der Waals surface area (Å²) in [7, 11) is 0. The summed E-state index contributed by atoms with van der Waals surface area (Å²) in [5.41, 5.74) is 1.24. The number of rotatable bonds is 4. The molecule has 0 bridgehead atoms. The van der Waals surface area contributed by atoms with Gasteiger partial charge in [-0.05, 0) is 32.4 Å². The summed E-state index contributed by atoms with van der Waals surface area (Å²) in [5, 5.41) is 0. The molecule has 0 aromatic rings. The Morgan fingerprint density at radius 3 is 2.45 bits per heavy atom. The van der Waals surface area contributed by atoms with Crippen molar-refractivity contribution in [2.45, 2.75) is 40.2 Å². The predicted molar refractivity (Wildman–Crippen MR) is 52.2 cm³/mol. The Kier molecular flexibility index (Phi) is 4.84. The second-order valence-corrected chi connectivity index (χ2v) is 2.97. The smallest absolute Gasteiger partial charge is 0.0676 e. The van der Waals surface area contributed by atoms with E-state index in [4.69, 9.17) is 0 Å². The predicted octanol–water partition coefficient (Wildman–Crippen LogP) is 3.07. The van der Waals surface area contributed by atoms with Gasteiger partial charge >= 0.3 is 0 Å². The molecule has 0 spiro atoms. The molecule has 0 radical (unpaired) electrons. The summed E-state index contributed by atoms with van der Waals surface area (Å²) in [6, 6.07) is 0.287. The normalized spacial score (nSPS) is 16.7. The molecule has 0 saturated carbocycles. The van der Waals surface area contributed by atoms with Gasteiger partial charge in [0.25, 0.3) is 0 Å². The van der Waals surface area contributed by atoms with E-state index in [2.05, 4.69) is 32.3 Å². The Labute approximate surface area is 70.2 Å². The van der Waals surface area contributed by atoms with E-state index in [-0.39, 0.29) is 6.04 Å². The van der Waals surface area contributed by atoms with Crippen molar-refractivity contribution in [3.05, 3.63) is 12.2 Å². The van der Waals surface area contributed by atoms with Crippen LogP contribution in [0.3, 0.4) is 0 Å². The van der Waals surface area contributed by atoms with Crippen LogP contribution in [0.25, 0.3) is 0 Å². The molecule has 2 unspecified atom stereocenters. The molecule has 64 valence electrons. The largest absolute Gasteiger partial charge is 0.290 e. The minimum Gasteiger partial charge on any atom is -0.290 e. The zero-order valence-corrected chi connectivity index (χ0v) is 8.09. The molecule has 1 heteroatoms. The van der Waals surface area contributed by atoms with Crippen molar-refractivity contribution < 1.29 is 0 Å². The first-order valence-corrected chi connectivity index (χ1v) is 4.29. The summed E-state index contributed by atoms with van der Waals surface area (Å²) in [5.74, 6) is 0.591. The van der Waals surface area contributed by atoms with E-state index >= 15 is 0 Å². The first-order valence-electron chi connectivity index (χ1n) is 4.29. The molecule has 11 heavy (non-hydrogen) atoms. The molecule has 0 rings (SSSR count). The van der Waals surface area contributed by atoms with E-state index in [1.54, 1.807) is 0 Å². The molecule has 0 aliphatic heterocycles. The number of hydrogen-bond donors (Lipinski definition) is 0. The highest BCUT2D eigenvalue weighted by atomic mass is 14.8. The SMILES string of the molecule is C=C(C(C)CC)C(C)/N=C\C. The van der Waals surface area contributed by atoms with Crippen LogP contribution in [0.5, 0.6) is 0 Å². The lowest BCUT2D eigenvalue weighted by atomic mass is 9.95. The molecule has 0 fully saturated rings. The third kappa shape index (κ3) is 3.35. The van der Waals surface area contributed by atoms with Crippen molar-refractivity contribution in [2.75, 3.05) is 0 Å². The van der Waals surface area contributed by atoms with Gasteiger partial charge < -0.3 is 0 Å². The van der Waals surface area contributed by atoms with Crippen molar-refractivity contribution in [1.82, 2.24) is 0 Å². The molecule has 0 aliphatic rings. The minimum absolute atomic E-state index is 0.287. The minimum atomic E-state index is 0.287. The monoisotopic (exact) mass is 153 g/mol. The first-order chi connectivity index (χ1) is 5.13. The van der Waals surface area contributed by atoms with Gasteiger partial charge in [-0.1, -0.05) is 26.0 Å². The van der Waals surface area contributed by atoms with Crippen molar-refractivity contribution >= 4 is 6.21 Å². The molecular weight excluding hydrogens is 134 g/mol. The van der Waals surface area contributed by atoms with E-state index in [0.717, 1.165) is 6.42 Å². The molecule has 0 heterocycles. The summed E-state index contributed by atoms with van der Waals surface area (Å²) in [6.45, 7) is 12.4. The summed E-state index contributed by atoms with van der Waals surface area (Å²) in [4.78, 5) is 4.27. The van der Waals surface area contributed by atoms with Crippen LogP contribution in [0.15, 0.2) is 17.1 Å². The number of hydrogen-bond acceptors (Lipinski definition) is 1. The van der Waals surface area contributed by atoms with Crippen LogP contribution >= 0.6 is 0 Å². The third-order valence-corrected chi connectivity index (χ3v) is 2.15. The van der Waals surface area contributed by atoms with Gasteiger partial charge in [-0.3, -0.25) is 4.99 Å². The van der Waals surface area contributed by atoms with Gasteiger partial charge in [0, 0.05) is 0 Å². The Balaban J connectivity index is 4.01. The summed E-state index contributed by atoms with van der Waals surface area (Å²) < 4.78 is 0. The van der Waals surface area contributed by atoms with Gasteiger partial charge in [-0.2, -0.15) is 0 Å². The van der Waals surface area contributed by atoms with E-state index in [1.165, 1.54) is 5.57 Å². The van der Waals surface area contributed by atoms with Crippen LogP contribution in [-0.4, -0.2) is 12.3 Å². The number of nitrogens with zero attached hydrogens (tertiary/aromatic N) is 1. The highest BCUT2D eigenvalue weighted by Crippen LogP contribution is 2.17. The van der Waals surface area contributed by atoms with E-state index in [0.29, 0.717) is 5.92 Å². The van der Waals surface area contributed by atoms with Gasteiger partial charge in [-0.15, -0.1) is 0 Å². The van der Waals surface area contributed by atoms with E-state index in [9.17, 15) is 0 Å². The lowest BCUT2D eigenvalue weighted by molar-refractivity contribution is 0.606. The molecule has 0 amide bonds. The van der Waals surface area contributed by atoms with Crippen molar-refractivity contribution in [2.24, 2.45) is 10.9 Å². The van der Waals surface area contributed by atoms with Crippen LogP contribution in [0.1, 0.15) is 34.1 Å². The molecule has 0 N–H and O–H groups in total. The van der Waals surface area contributed by atoms with Crippen LogP contribution in [0, 0.1) is 5.92 Å². The first kappa shape index (κ1) is 10.4. The molecule has 0 aromatic carbocycles. The lowest BCUT2D eigenvalue weighted by Gasteiger charge is -2.15. The second-order valence-electron chi connectivity index (χ2n) is 2.97. The zero-order valence-electron chi connectivity index (χ0n) is 8.09. The number of aliphatic imine (C=N–C) groups is 1. The van der Waals surface area contributed by atoms with Crippen LogP contribution < -0.4 is 0 Å². The lowest BCUT2D eigenvalue weighted by Crippen LogP contribution is -2.09. The molecule has 1 nitrogen and oxygen atoms in total. The Bertz CT molecular complexity index is 147. The van der Waals surface area contributed by atoms with Gasteiger partial charge in [0.15, 0.2) is 0 Å². The molecule has 0 aliphatic carbocycles. The van der Waals surface area contributed by atoms with E-state index < -0.39 is 0 Å². The fourth-order valence-electron chi connectivity index (χ4n) is 0.993. The maximum absolute atomic E-state index is 4.27. The highest BCUT2D eigenvalue weighted by molar-refractivity contribution is 5.54. The highest BCUT2D eigenvalue weighted by Gasteiger charge is 2.09. The average Bonchev–Trinajstić information content (AvgIpc) is 2.02. The van der Waals surface area contributed by atoms with Gasteiger partial charge in [0.1, 0.15) is 0 Å². The van der Waals surface area contributed by atoms with Gasteiger partial charge in [-0.25, -0.2) is 0 Å². The maximum Gasteiger partial charge on any atom is 0.0676 e. The Hall–Kier alpha value is -0.590. The fraction of sp³-hybridized carbons (Fsp3) is 0.700. The summed E-state index contributed by atoms with van der Waals surface area (Å²) >= 11 is 0. The van der Waals surface area contributed by atoms with Crippen LogP contribution in [0.2, 0.25) is 0 Å². The van der Waals surface area contributed by atoms with Crippen molar-refractivity contribution in [3.63, 3.8) is 0 Å². The van der Waals surface area contributed by atoms with Crippen molar-refractivity contribution in [3.8, 4) is 0 Å². The van der Waals surface area contributed by atoms with Crippen LogP contribution in [-0.2, 0) is 0 Å². The topological polar surface area (TPSA) is 12.4 Å². The fourth-order valence-corrected chi connectivity index (χ4v) is 0.993. The molecule has 0 aromatic heterocycles. The third-order valence-electron chi connectivity index (χ3n) is 2.15. The molecule has 0 saturated heterocycles. The quantitative estimate of drug-likeness (QED) is 0.435. The zero-order chi connectivity index (χ0) is 8.85. The van der Waals surface area contributed by atoms with Crippen molar-refractivity contribution in [1.29, 1.82) is 0 Å². The van der Waals surface area contributed by atoms with Crippen LogP contribution in [0.4, 0.5) is 0 Å². The maximum atomic E-state index is 4.27. The standard InChI is InChI=1S/C10H19N/c1-6-8(3)9(4)10(5)11-7-2/h7-8,10H,4,6H2,1-3,5H3/b11-7-. The average molecular weight is 153 g/mol. The summed E-state index contributed by atoms with van der Waals surface area (Å²) in [6.07, 6.45) is 3.00. The Morgan fingerprint density at radius 1 is 1.55 bits per heavy atom. The van der Waals surface area contributed by atoms with E-state index in [1.807, 2.05) is 13.1 Å². The van der Waals surface area contributed by atoms with Gasteiger partial charge in [0.2, 0.25) is 0 Å².